The van der Waals surface area contributed by atoms with Crippen molar-refractivity contribution < 1.29 is 36.0 Å². The highest BCUT2D eigenvalue weighted by Gasteiger charge is 2.56. The Morgan fingerprint density at radius 1 is 0.805 bits per heavy atom. The molecule has 3 aromatic rings. The van der Waals surface area contributed by atoms with Crippen molar-refractivity contribution in [2.24, 2.45) is 0 Å². The van der Waals surface area contributed by atoms with Crippen LogP contribution in [0.3, 0.4) is 0 Å². The van der Waals surface area contributed by atoms with Gasteiger partial charge in [0.15, 0.2) is 0 Å². The molecule has 41 heavy (non-hydrogen) atoms. The van der Waals surface area contributed by atoms with Crippen molar-refractivity contribution in [3.05, 3.63) is 102 Å². The van der Waals surface area contributed by atoms with Crippen LogP contribution in [0.5, 0.6) is 5.75 Å². The monoisotopic (exact) mass is 594 g/mol. The molecule has 0 amide bonds. The zero-order valence-electron chi connectivity index (χ0n) is 22.7. The molecule has 3 rings (SSSR count). The van der Waals surface area contributed by atoms with Crippen LogP contribution in [0.1, 0.15) is 61.3 Å². The lowest BCUT2D eigenvalue weighted by molar-refractivity contribution is -0.284. The van der Waals surface area contributed by atoms with Crippen LogP contribution in [0.4, 0.5) is 22.0 Å². The van der Waals surface area contributed by atoms with E-state index in [0.29, 0.717) is 32.3 Å². The molecule has 1 N–H and O–H groups in total. The minimum atomic E-state index is -5.57. The molecule has 0 aromatic heterocycles. The summed E-state index contributed by atoms with van der Waals surface area (Å²) >= 11 is 0. The molecule has 2 atom stereocenters. The molecule has 0 radical (unpaired) electrons. The normalized spacial score (nSPS) is 14.1. The molecule has 0 saturated heterocycles. The molecule has 3 aromatic carbocycles. The first-order valence-electron chi connectivity index (χ1n) is 13.6. The van der Waals surface area contributed by atoms with Gasteiger partial charge in [-0.3, -0.25) is 4.21 Å². The van der Waals surface area contributed by atoms with Crippen LogP contribution >= 0.6 is 0 Å². The lowest BCUT2D eigenvalue weighted by Crippen LogP contribution is -2.36. The molecule has 0 aliphatic rings. The van der Waals surface area contributed by atoms with Gasteiger partial charge in [-0.15, -0.1) is 0 Å². The van der Waals surface area contributed by atoms with E-state index in [4.69, 9.17) is 4.74 Å². The van der Waals surface area contributed by atoms with Crippen LogP contribution in [0.2, 0.25) is 0 Å². The van der Waals surface area contributed by atoms with Gasteiger partial charge < -0.3 is 9.84 Å². The van der Waals surface area contributed by atoms with Gasteiger partial charge in [-0.2, -0.15) is 22.0 Å². The predicted molar refractivity (Wildman–Crippen MR) is 154 cm³/mol. The quantitative estimate of drug-likeness (QED) is 0.102. The third-order valence-electron chi connectivity index (χ3n) is 6.57. The molecule has 3 nitrogen and oxygen atoms in total. The van der Waals surface area contributed by atoms with E-state index in [1.165, 1.54) is 0 Å². The number of rotatable bonds is 16. The summed E-state index contributed by atoms with van der Waals surface area (Å²) in [6, 6.07) is 26.9. The summed E-state index contributed by atoms with van der Waals surface area (Å²) in [5.74, 6) is -4.47. The van der Waals surface area contributed by atoms with Crippen LogP contribution < -0.4 is 0 Å². The summed E-state index contributed by atoms with van der Waals surface area (Å²) in [6.45, 7) is 0.450. The molecule has 222 valence electrons. The third kappa shape index (κ3) is 11.0. The topological polar surface area (TPSA) is 46.5 Å². The van der Waals surface area contributed by atoms with E-state index in [1.54, 1.807) is 12.1 Å². The first-order chi connectivity index (χ1) is 19.5. The zero-order valence-corrected chi connectivity index (χ0v) is 23.5. The number of phenols is 1. The number of ether oxygens (including phenoxy) is 1. The molecular weight excluding hydrogens is 559 g/mol. The molecule has 0 heterocycles. The number of alkyl halides is 5. The second kappa shape index (κ2) is 15.8. The van der Waals surface area contributed by atoms with Gasteiger partial charge in [0.2, 0.25) is 0 Å². The highest BCUT2D eigenvalue weighted by Crippen LogP contribution is 2.39. The number of halogens is 5. The van der Waals surface area contributed by atoms with Gasteiger partial charge in [-0.25, -0.2) is 0 Å². The number of hydrogen-bond donors (Lipinski definition) is 1. The molecule has 0 fully saturated rings. The highest BCUT2D eigenvalue weighted by molar-refractivity contribution is 7.84. The van der Waals surface area contributed by atoms with E-state index < -0.39 is 35.7 Å². The average Bonchev–Trinajstić information content (AvgIpc) is 2.95. The van der Waals surface area contributed by atoms with Crippen molar-refractivity contribution in [3.8, 4) is 5.75 Å². The first-order valence-corrected chi connectivity index (χ1v) is 15.0. The number of phenolic OH excluding ortho intramolecular Hbond substituents is 1. The van der Waals surface area contributed by atoms with E-state index in [0.717, 1.165) is 22.3 Å². The lowest BCUT2D eigenvalue weighted by atomic mass is 9.94. The van der Waals surface area contributed by atoms with Crippen molar-refractivity contribution in [3.63, 3.8) is 0 Å². The Balaban J connectivity index is 1.54. The molecule has 0 aliphatic carbocycles. The Morgan fingerprint density at radius 3 is 2.05 bits per heavy atom. The first kappa shape index (κ1) is 32.5. The highest BCUT2D eigenvalue weighted by atomic mass is 32.2. The molecule has 0 saturated carbocycles. The van der Waals surface area contributed by atoms with Crippen molar-refractivity contribution in [2.75, 3.05) is 18.1 Å². The molecular formula is C32H35F5O3S. The molecule has 0 bridgehead atoms. The van der Waals surface area contributed by atoms with Gasteiger partial charge in [0.1, 0.15) is 5.75 Å². The maximum absolute atomic E-state index is 13.0. The lowest BCUT2D eigenvalue weighted by Gasteiger charge is -2.21. The van der Waals surface area contributed by atoms with Crippen LogP contribution in [0.25, 0.3) is 11.6 Å². The van der Waals surface area contributed by atoms with Gasteiger partial charge in [0.05, 0.1) is 6.10 Å². The van der Waals surface area contributed by atoms with Gasteiger partial charge >= 0.3 is 12.1 Å². The molecule has 2 unspecified atom stereocenters. The second-order valence-electron chi connectivity index (χ2n) is 9.82. The summed E-state index contributed by atoms with van der Waals surface area (Å²) in [4.78, 5) is 0. The number of benzene rings is 3. The summed E-state index contributed by atoms with van der Waals surface area (Å²) in [7, 11) is -1.44. The Bertz CT molecular complexity index is 1230. The van der Waals surface area contributed by atoms with Gasteiger partial charge in [0.25, 0.3) is 0 Å². The minimum Gasteiger partial charge on any atom is -0.508 e. The Hall–Kier alpha value is -3.04. The molecule has 0 aliphatic heterocycles. The van der Waals surface area contributed by atoms with E-state index in [2.05, 4.69) is 6.08 Å². The predicted octanol–water partition coefficient (Wildman–Crippen LogP) is 8.98. The second-order valence-corrected chi connectivity index (χ2v) is 11.5. The molecule has 9 heteroatoms. The van der Waals surface area contributed by atoms with Gasteiger partial charge in [0, 0.05) is 41.8 Å². The fourth-order valence-corrected chi connectivity index (χ4v) is 5.49. The smallest absolute Gasteiger partial charge is 0.453 e. The van der Waals surface area contributed by atoms with Crippen LogP contribution in [-0.2, 0) is 15.5 Å². The largest absolute Gasteiger partial charge is 0.508 e. The summed E-state index contributed by atoms with van der Waals surface area (Å²) in [6.07, 6.45) is -2.96. The van der Waals surface area contributed by atoms with Crippen LogP contribution in [0.15, 0.2) is 84.9 Å². The van der Waals surface area contributed by atoms with Gasteiger partial charge in [-0.05, 0) is 53.7 Å². The zero-order chi connectivity index (χ0) is 29.7. The summed E-state index contributed by atoms with van der Waals surface area (Å²) in [5, 5.41) is 9.66. The number of unbranched alkanes of at least 4 members (excludes halogenated alkanes) is 2. The fourth-order valence-electron chi connectivity index (χ4n) is 4.29. The van der Waals surface area contributed by atoms with Crippen molar-refractivity contribution in [1.82, 2.24) is 0 Å². The fraction of sp³-hybridized carbons (Fsp3) is 0.375. The standard InChI is InChI=1S/C32H35F5O3S/c33-31(34,32(35,36)37)19-10-22-41(39)21-9-3-8-20-40-30(27-13-6-2-7-14-27)24-28(26-11-4-1-5-12-26)23-25-15-17-29(38)18-16-25/h1-2,4-7,11-18,23,30,38H,3,8-10,19-22,24H2. The van der Waals surface area contributed by atoms with Crippen molar-refractivity contribution in [2.45, 2.75) is 56.7 Å². The maximum Gasteiger partial charge on any atom is 0.453 e. The van der Waals surface area contributed by atoms with E-state index >= 15 is 0 Å². The van der Waals surface area contributed by atoms with E-state index in [9.17, 15) is 31.3 Å². The number of aromatic hydroxyl groups is 1. The van der Waals surface area contributed by atoms with Crippen molar-refractivity contribution in [1.29, 1.82) is 0 Å². The SMILES string of the molecule is O=S(CCCCCOC(CC(=Cc1ccc(O)cc1)c1ccccc1)c1ccccc1)CCCC(F)(F)C(F)(F)F. The van der Waals surface area contributed by atoms with Crippen molar-refractivity contribution >= 4 is 22.4 Å². The Kier molecular flexibility index (Phi) is 12.5. The van der Waals surface area contributed by atoms with Gasteiger partial charge in [-0.1, -0.05) is 85.3 Å². The van der Waals surface area contributed by atoms with Crippen LogP contribution in [0, 0.1) is 0 Å². The summed E-state index contributed by atoms with van der Waals surface area (Å²) in [5.41, 5.74) is 4.10. The van der Waals surface area contributed by atoms with E-state index in [1.807, 2.05) is 72.8 Å². The Morgan fingerprint density at radius 2 is 1.41 bits per heavy atom. The Labute approximate surface area is 240 Å². The maximum atomic E-state index is 13.0. The van der Waals surface area contributed by atoms with E-state index in [-0.39, 0.29) is 23.4 Å². The molecule has 0 spiro atoms. The average molecular weight is 595 g/mol. The summed E-state index contributed by atoms with van der Waals surface area (Å²) < 4.78 is 81.2. The minimum absolute atomic E-state index is 0.173. The number of hydrogen-bond acceptors (Lipinski definition) is 3. The van der Waals surface area contributed by atoms with Crippen LogP contribution in [-0.4, -0.2) is 39.5 Å². The third-order valence-corrected chi connectivity index (χ3v) is 8.06.